The topological polar surface area (TPSA) is 65.5 Å². The summed E-state index contributed by atoms with van der Waals surface area (Å²) < 4.78 is 0. The lowest BCUT2D eigenvalue weighted by atomic mass is 10.2. The quantitative estimate of drug-likeness (QED) is 0.888. The summed E-state index contributed by atoms with van der Waals surface area (Å²) in [6, 6.07) is 6.99. The van der Waals surface area contributed by atoms with Gasteiger partial charge in [0.2, 0.25) is 5.91 Å². The van der Waals surface area contributed by atoms with E-state index < -0.39 is 0 Å². The third kappa shape index (κ3) is 4.78. The fourth-order valence-electron chi connectivity index (χ4n) is 2.70. The van der Waals surface area contributed by atoms with Gasteiger partial charge in [-0.15, -0.1) is 11.3 Å². The van der Waals surface area contributed by atoms with Crippen molar-refractivity contribution < 1.29 is 9.59 Å². The van der Waals surface area contributed by atoms with Gasteiger partial charge in [0, 0.05) is 55.6 Å². The highest BCUT2D eigenvalue weighted by Crippen LogP contribution is 2.18. The zero-order valence-corrected chi connectivity index (χ0v) is 15.4. The number of benzene rings is 1. The minimum atomic E-state index is -0.116. The van der Waals surface area contributed by atoms with Gasteiger partial charge in [-0.1, -0.05) is 11.6 Å². The maximum absolute atomic E-state index is 12.5. The van der Waals surface area contributed by atoms with Gasteiger partial charge in [0.25, 0.3) is 5.91 Å². The molecule has 0 aliphatic carbocycles. The number of rotatable bonds is 4. The second kappa shape index (κ2) is 7.95. The van der Waals surface area contributed by atoms with E-state index in [1.807, 2.05) is 10.3 Å². The summed E-state index contributed by atoms with van der Waals surface area (Å²) in [5.41, 5.74) is 1.60. The second-order valence-corrected chi connectivity index (χ2v) is 7.19. The van der Waals surface area contributed by atoms with Crippen molar-refractivity contribution in [3.8, 4) is 0 Å². The van der Waals surface area contributed by atoms with Gasteiger partial charge in [-0.05, 0) is 24.3 Å². The van der Waals surface area contributed by atoms with Crippen molar-refractivity contribution in [2.75, 3.05) is 31.5 Å². The van der Waals surface area contributed by atoms with Crippen molar-refractivity contribution in [1.82, 2.24) is 14.8 Å². The molecule has 1 aliphatic heterocycles. The van der Waals surface area contributed by atoms with Crippen LogP contribution in [0.15, 0.2) is 29.6 Å². The van der Waals surface area contributed by atoms with E-state index >= 15 is 0 Å². The van der Waals surface area contributed by atoms with Crippen LogP contribution in [0.5, 0.6) is 0 Å². The minimum Gasteiger partial charge on any atom is -0.336 e. The van der Waals surface area contributed by atoms with Crippen LogP contribution in [0.25, 0.3) is 0 Å². The third-order valence-corrected chi connectivity index (χ3v) is 5.03. The average Bonchev–Trinajstić information content (AvgIpc) is 3.02. The van der Waals surface area contributed by atoms with Gasteiger partial charge in [-0.3, -0.25) is 14.5 Å². The largest absolute Gasteiger partial charge is 0.336 e. The average molecular weight is 379 g/mol. The molecule has 0 radical (unpaired) electrons. The van der Waals surface area contributed by atoms with Crippen molar-refractivity contribution in [1.29, 1.82) is 0 Å². The van der Waals surface area contributed by atoms with Crippen LogP contribution in [-0.4, -0.2) is 52.8 Å². The van der Waals surface area contributed by atoms with Crippen molar-refractivity contribution in [3.05, 3.63) is 45.9 Å². The molecule has 2 heterocycles. The van der Waals surface area contributed by atoms with Gasteiger partial charge < -0.3 is 10.2 Å². The number of piperazine rings is 1. The van der Waals surface area contributed by atoms with Crippen molar-refractivity contribution in [2.45, 2.75) is 13.5 Å². The van der Waals surface area contributed by atoms with Crippen molar-refractivity contribution in [2.24, 2.45) is 0 Å². The molecule has 132 valence electrons. The maximum atomic E-state index is 12.5. The van der Waals surface area contributed by atoms with Crippen LogP contribution in [0, 0.1) is 0 Å². The maximum Gasteiger partial charge on any atom is 0.253 e. The molecule has 6 nitrogen and oxygen atoms in total. The molecule has 0 atom stereocenters. The summed E-state index contributed by atoms with van der Waals surface area (Å²) in [5.74, 6) is -0.0758. The normalized spacial score (nSPS) is 15.2. The van der Waals surface area contributed by atoms with E-state index in [0.29, 0.717) is 28.8 Å². The van der Waals surface area contributed by atoms with Crippen LogP contribution < -0.4 is 5.32 Å². The smallest absolute Gasteiger partial charge is 0.253 e. The van der Waals surface area contributed by atoms with E-state index in [1.54, 1.807) is 24.3 Å². The zero-order chi connectivity index (χ0) is 17.8. The lowest BCUT2D eigenvalue weighted by Gasteiger charge is -2.34. The molecule has 3 rings (SSSR count). The van der Waals surface area contributed by atoms with Crippen LogP contribution in [-0.2, 0) is 11.3 Å². The molecule has 0 saturated carbocycles. The van der Waals surface area contributed by atoms with Gasteiger partial charge in [-0.2, -0.15) is 0 Å². The Balaban J connectivity index is 1.51. The Morgan fingerprint density at radius 2 is 1.88 bits per heavy atom. The summed E-state index contributed by atoms with van der Waals surface area (Å²) >= 11 is 7.29. The number of nitrogens with one attached hydrogen (secondary N) is 1. The van der Waals surface area contributed by atoms with Gasteiger partial charge in [-0.25, -0.2) is 4.98 Å². The molecule has 1 aliphatic rings. The summed E-state index contributed by atoms with van der Waals surface area (Å²) in [7, 11) is 0. The summed E-state index contributed by atoms with van der Waals surface area (Å²) in [4.78, 5) is 32.1. The van der Waals surface area contributed by atoms with Crippen molar-refractivity contribution in [3.63, 3.8) is 0 Å². The molecule has 8 heteroatoms. The molecule has 25 heavy (non-hydrogen) atoms. The summed E-state index contributed by atoms with van der Waals surface area (Å²) in [6.07, 6.45) is 0. The van der Waals surface area contributed by atoms with Gasteiger partial charge in [0.1, 0.15) is 0 Å². The molecular formula is C17H19ClN4O2S. The fraction of sp³-hybridized carbons (Fsp3) is 0.353. The number of halogens is 1. The fourth-order valence-corrected chi connectivity index (χ4v) is 3.57. The predicted molar refractivity (Wildman–Crippen MR) is 99.1 cm³/mol. The number of hydrogen-bond donors (Lipinski definition) is 1. The highest BCUT2D eigenvalue weighted by molar-refractivity contribution is 7.13. The molecule has 0 spiro atoms. The number of nitrogens with zero attached hydrogens (tertiary/aromatic N) is 3. The number of anilines is 1. The lowest BCUT2D eigenvalue weighted by Crippen LogP contribution is -2.48. The van der Waals surface area contributed by atoms with E-state index in [-0.39, 0.29) is 11.8 Å². The van der Waals surface area contributed by atoms with E-state index in [0.717, 1.165) is 25.3 Å². The van der Waals surface area contributed by atoms with Gasteiger partial charge in [0.05, 0.1) is 5.69 Å². The molecule has 1 fully saturated rings. The van der Waals surface area contributed by atoms with Crippen LogP contribution >= 0.6 is 22.9 Å². The molecular weight excluding hydrogens is 360 g/mol. The Kier molecular flexibility index (Phi) is 5.67. The van der Waals surface area contributed by atoms with Crippen LogP contribution in [0.1, 0.15) is 23.0 Å². The highest BCUT2D eigenvalue weighted by atomic mass is 35.5. The lowest BCUT2D eigenvalue weighted by molar-refractivity contribution is -0.114. The number of amides is 2. The van der Waals surface area contributed by atoms with E-state index in [4.69, 9.17) is 11.6 Å². The summed E-state index contributed by atoms with van der Waals surface area (Å²) in [5, 5.41) is 5.90. The Labute approximate surface area is 155 Å². The number of carbonyl (C=O) groups excluding carboxylic acids is 2. The molecule has 0 bridgehead atoms. The molecule has 0 unspecified atom stereocenters. The molecule has 2 amide bonds. The van der Waals surface area contributed by atoms with E-state index in [1.165, 1.54) is 18.3 Å². The van der Waals surface area contributed by atoms with Crippen molar-refractivity contribution >= 4 is 39.9 Å². The first-order valence-electron chi connectivity index (χ1n) is 8.00. The van der Waals surface area contributed by atoms with Crippen LogP contribution in [0.4, 0.5) is 5.13 Å². The molecule has 1 aromatic heterocycles. The standard InChI is InChI=1S/C17H19ClN4O2S/c1-12(23)19-17-20-15(11-25-17)10-21-6-8-22(9-7-21)16(24)13-2-4-14(18)5-3-13/h2-5,11H,6-10H2,1H3,(H,19,20,23). The SMILES string of the molecule is CC(=O)Nc1nc(CN2CCN(C(=O)c3ccc(Cl)cc3)CC2)cs1. The van der Waals surface area contributed by atoms with Gasteiger partial charge in [0.15, 0.2) is 5.13 Å². The zero-order valence-electron chi connectivity index (χ0n) is 13.9. The molecule has 2 aromatic rings. The number of carbonyl (C=O) groups is 2. The van der Waals surface area contributed by atoms with E-state index in [2.05, 4.69) is 15.2 Å². The Morgan fingerprint density at radius 1 is 1.20 bits per heavy atom. The minimum absolute atomic E-state index is 0.0397. The number of hydrogen-bond acceptors (Lipinski definition) is 5. The Morgan fingerprint density at radius 3 is 2.52 bits per heavy atom. The number of thiazole rings is 1. The Bertz CT molecular complexity index is 754. The summed E-state index contributed by atoms with van der Waals surface area (Å²) in [6.45, 7) is 5.16. The van der Waals surface area contributed by atoms with Crippen LogP contribution in [0.2, 0.25) is 5.02 Å². The van der Waals surface area contributed by atoms with Gasteiger partial charge >= 0.3 is 0 Å². The molecule has 1 aromatic carbocycles. The Hall–Kier alpha value is -1.96. The third-order valence-electron chi connectivity index (χ3n) is 3.97. The highest BCUT2D eigenvalue weighted by Gasteiger charge is 2.22. The van der Waals surface area contributed by atoms with Crippen LogP contribution in [0.3, 0.4) is 0 Å². The first-order valence-corrected chi connectivity index (χ1v) is 9.26. The monoisotopic (exact) mass is 378 g/mol. The molecule has 1 N–H and O–H groups in total. The number of aromatic nitrogens is 1. The van der Waals surface area contributed by atoms with E-state index in [9.17, 15) is 9.59 Å². The first-order chi connectivity index (χ1) is 12.0. The predicted octanol–water partition coefficient (Wildman–Crippen LogP) is 2.71. The second-order valence-electron chi connectivity index (χ2n) is 5.90. The first kappa shape index (κ1) is 17.8. The molecule has 1 saturated heterocycles.